The molecule has 18 heavy (non-hydrogen) atoms. The van der Waals surface area contributed by atoms with E-state index >= 15 is 0 Å². The molecule has 0 unspecified atom stereocenters. The Kier molecular flexibility index (Phi) is 2.96. The van der Waals surface area contributed by atoms with Crippen LogP contribution in [0.4, 0.5) is 13.2 Å². The second-order valence-corrected chi connectivity index (χ2v) is 4.43. The van der Waals surface area contributed by atoms with Gasteiger partial charge in [-0.25, -0.2) is 0 Å². The lowest BCUT2D eigenvalue weighted by Crippen LogP contribution is -2.12. The Labute approximate surface area is 110 Å². The van der Waals surface area contributed by atoms with Gasteiger partial charge < -0.3 is 4.57 Å². The standard InChI is InChI=1S/C11H5Cl2F3N2/c1-18-9-5(2-3-7(12)8(9)13)6(4-17)10(18)11(14,15)16/h2-3H,1H3. The minimum absolute atomic E-state index is 0.00340. The predicted octanol–water partition coefficient (Wildman–Crippen LogP) is 4.38. The SMILES string of the molecule is Cn1c(C(F)(F)F)c(C#N)c2ccc(Cl)c(Cl)c21. The predicted molar refractivity (Wildman–Crippen MR) is 62.7 cm³/mol. The Balaban J connectivity index is 3.03. The molecule has 7 heteroatoms. The molecule has 0 radical (unpaired) electrons. The number of nitrogens with zero attached hydrogens (tertiary/aromatic N) is 2. The highest BCUT2D eigenvalue weighted by Gasteiger charge is 2.39. The van der Waals surface area contributed by atoms with Crippen LogP contribution in [0.1, 0.15) is 11.3 Å². The summed E-state index contributed by atoms with van der Waals surface area (Å²) in [5.74, 6) is 0. The van der Waals surface area contributed by atoms with E-state index in [4.69, 9.17) is 28.5 Å². The zero-order valence-corrected chi connectivity index (χ0v) is 10.5. The summed E-state index contributed by atoms with van der Waals surface area (Å²) in [4.78, 5) is 0. The largest absolute Gasteiger partial charge is 0.432 e. The molecule has 0 atom stereocenters. The summed E-state index contributed by atoms with van der Waals surface area (Å²) in [5, 5.41) is 9.20. The fraction of sp³-hybridized carbons (Fsp3) is 0.182. The summed E-state index contributed by atoms with van der Waals surface area (Å²) in [6, 6.07) is 4.30. The van der Waals surface area contributed by atoms with Gasteiger partial charge in [-0.1, -0.05) is 23.2 Å². The molecule has 1 aromatic heterocycles. The van der Waals surface area contributed by atoms with Crippen LogP contribution in [0.25, 0.3) is 10.9 Å². The third-order valence-corrected chi connectivity index (χ3v) is 3.42. The second-order valence-electron chi connectivity index (χ2n) is 3.65. The van der Waals surface area contributed by atoms with Crippen molar-refractivity contribution < 1.29 is 13.2 Å². The van der Waals surface area contributed by atoms with Crippen LogP contribution in [-0.2, 0) is 13.2 Å². The number of hydrogen-bond acceptors (Lipinski definition) is 1. The lowest BCUT2D eigenvalue weighted by molar-refractivity contribution is -0.143. The Hall–Kier alpha value is -1.38. The van der Waals surface area contributed by atoms with Crippen LogP contribution >= 0.6 is 23.2 Å². The maximum absolute atomic E-state index is 12.9. The first-order valence-electron chi connectivity index (χ1n) is 4.72. The van der Waals surface area contributed by atoms with Crippen LogP contribution in [0, 0.1) is 11.3 Å². The number of benzene rings is 1. The van der Waals surface area contributed by atoms with Gasteiger partial charge in [0.15, 0.2) is 0 Å². The molecule has 0 bridgehead atoms. The summed E-state index contributed by atoms with van der Waals surface area (Å²) in [5.41, 5.74) is -1.37. The monoisotopic (exact) mass is 292 g/mol. The van der Waals surface area contributed by atoms with E-state index in [-0.39, 0.29) is 20.9 Å². The highest BCUT2D eigenvalue weighted by Crippen LogP contribution is 2.41. The average molecular weight is 293 g/mol. The van der Waals surface area contributed by atoms with Crippen LogP contribution in [0.15, 0.2) is 12.1 Å². The zero-order chi connectivity index (χ0) is 13.7. The molecule has 2 rings (SSSR count). The lowest BCUT2D eigenvalue weighted by atomic mass is 10.1. The van der Waals surface area contributed by atoms with E-state index in [0.29, 0.717) is 0 Å². The molecule has 0 aliphatic heterocycles. The highest BCUT2D eigenvalue weighted by atomic mass is 35.5. The molecule has 0 fully saturated rings. The fourth-order valence-electron chi connectivity index (χ4n) is 1.92. The van der Waals surface area contributed by atoms with Crippen LogP contribution in [0.5, 0.6) is 0 Å². The molecule has 0 aliphatic rings. The normalized spacial score (nSPS) is 11.8. The maximum Gasteiger partial charge on any atom is 0.432 e. The number of alkyl halides is 3. The molecule has 1 aromatic carbocycles. The summed E-state index contributed by atoms with van der Waals surface area (Å²) in [7, 11) is 1.20. The quantitative estimate of drug-likeness (QED) is 0.708. The van der Waals surface area contributed by atoms with E-state index in [1.807, 2.05) is 0 Å². The van der Waals surface area contributed by atoms with E-state index < -0.39 is 17.4 Å². The van der Waals surface area contributed by atoms with Crippen molar-refractivity contribution >= 4 is 34.1 Å². The van der Waals surface area contributed by atoms with E-state index in [1.54, 1.807) is 6.07 Å². The van der Waals surface area contributed by atoms with Crippen LogP contribution in [-0.4, -0.2) is 4.57 Å². The van der Waals surface area contributed by atoms with Gasteiger partial charge in [0.25, 0.3) is 0 Å². The molecule has 0 aliphatic carbocycles. The van der Waals surface area contributed by atoms with Gasteiger partial charge in [0.1, 0.15) is 11.8 Å². The van der Waals surface area contributed by atoms with Gasteiger partial charge in [-0.2, -0.15) is 18.4 Å². The molecule has 0 saturated heterocycles. The van der Waals surface area contributed by atoms with E-state index in [2.05, 4.69) is 0 Å². The summed E-state index contributed by atoms with van der Waals surface area (Å²) in [6.45, 7) is 0. The van der Waals surface area contributed by atoms with Crippen molar-refractivity contribution in [3.05, 3.63) is 33.4 Å². The van der Waals surface area contributed by atoms with Crippen molar-refractivity contribution in [3.8, 4) is 6.07 Å². The first kappa shape index (κ1) is 13.1. The van der Waals surface area contributed by atoms with Crippen molar-refractivity contribution in [3.63, 3.8) is 0 Å². The van der Waals surface area contributed by atoms with Crippen LogP contribution < -0.4 is 0 Å². The molecule has 0 N–H and O–H groups in total. The number of halogens is 5. The first-order chi connectivity index (χ1) is 8.29. The van der Waals surface area contributed by atoms with Crippen molar-refractivity contribution in [2.45, 2.75) is 6.18 Å². The molecule has 0 saturated carbocycles. The Morgan fingerprint density at radius 1 is 1.28 bits per heavy atom. The van der Waals surface area contributed by atoms with Gasteiger partial charge in [0, 0.05) is 12.4 Å². The molecular weight excluding hydrogens is 288 g/mol. The van der Waals surface area contributed by atoms with Gasteiger partial charge in [-0.15, -0.1) is 0 Å². The van der Waals surface area contributed by atoms with Gasteiger partial charge in [0.05, 0.1) is 21.1 Å². The van der Waals surface area contributed by atoms with E-state index in [0.717, 1.165) is 4.57 Å². The van der Waals surface area contributed by atoms with Crippen molar-refractivity contribution in [2.75, 3.05) is 0 Å². The van der Waals surface area contributed by atoms with E-state index in [1.165, 1.54) is 19.2 Å². The van der Waals surface area contributed by atoms with Crippen LogP contribution in [0.2, 0.25) is 10.0 Å². The van der Waals surface area contributed by atoms with Gasteiger partial charge in [-0.05, 0) is 12.1 Å². The van der Waals surface area contributed by atoms with Gasteiger partial charge in [0.2, 0.25) is 0 Å². The summed E-state index contributed by atoms with van der Waals surface area (Å²) < 4.78 is 39.6. The molecule has 2 aromatic rings. The zero-order valence-electron chi connectivity index (χ0n) is 8.94. The topological polar surface area (TPSA) is 28.7 Å². The third-order valence-electron chi connectivity index (χ3n) is 2.63. The molecule has 0 spiro atoms. The maximum atomic E-state index is 12.9. The number of hydrogen-bond donors (Lipinski definition) is 0. The average Bonchev–Trinajstić information content (AvgIpc) is 2.56. The van der Waals surface area contributed by atoms with Crippen molar-refractivity contribution in [1.82, 2.24) is 4.57 Å². The Morgan fingerprint density at radius 3 is 2.39 bits per heavy atom. The lowest BCUT2D eigenvalue weighted by Gasteiger charge is -2.09. The fourth-order valence-corrected chi connectivity index (χ4v) is 2.37. The second kappa shape index (κ2) is 4.08. The van der Waals surface area contributed by atoms with Crippen molar-refractivity contribution in [2.24, 2.45) is 7.05 Å². The molecule has 1 heterocycles. The Morgan fingerprint density at radius 2 is 1.89 bits per heavy atom. The van der Waals surface area contributed by atoms with Gasteiger partial charge in [-0.3, -0.25) is 0 Å². The highest BCUT2D eigenvalue weighted by molar-refractivity contribution is 6.45. The molecule has 94 valence electrons. The number of aryl methyl sites for hydroxylation is 1. The minimum Gasteiger partial charge on any atom is -0.338 e. The van der Waals surface area contributed by atoms with E-state index in [9.17, 15) is 13.2 Å². The number of fused-ring (bicyclic) bond motifs is 1. The number of nitriles is 1. The number of aromatic nitrogens is 1. The Bertz CT molecular complexity index is 680. The van der Waals surface area contributed by atoms with Crippen LogP contribution in [0.3, 0.4) is 0 Å². The smallest absolute Gasteiger partial charge is 0.338 e. The van der Waals surface area contributed by atoms with Crippen molar-refractivity contribution in [1.29, 1.82) is 5.26 Å². The minimum atomic E-state index is -4.63. The van der Waals surface area contributed by atoms with Gasteiger partial charge >= 0.3 is 6.18 Å². The molecule has 0 amide bonds. The number of rotatable bonds is 0. The summed E-state index contributed by atoms with van der Waals surface area (Å²) in [6.07, 6.45) is -4.63. The third kappa shape index (κ3) is 1.73. The summed E-state index contributed by atoms with van der Waals surface area (Å²) >= 11 is 11.7. The first-order valence-corrected chi connectivity index (χ1v) is 5.48. The molecular formula is C11H5Cl2F3N2. The molecule has 2 nitrogen and oxygen atoms in total.